The summed E-state index contributed by atoms with van der Waals surface area (Å²) in [6.07, 6.45) is 4.61. The minimum Gasteiger partial charge on any atom is -0.343 e. The van der Waals surface area contributed by atoms with E-state index in [0.717, 1.165) is 25.6 Å². The second kappa shape index (κ2) is 6.89. The molecule has 0 spiro atoms. The standard InChI is InChI=1S/C13H26N2O/c1-4-14-11(3)9-13(16)15(5-2)10-12-7-6-8-12/h11-12,14H,4-10H2,1-3H3. The van der Waals surface area contributed by atoms with Crippen molar-refractivity contribution in [2.45, 2.75) is 52.5 Å². The van der Waals surface area contributed by atoms with Crippen LogP contribution in [-0.4, -0.2) is 36.5 Å². The maximum atomic E-state index is 12.0. The summed E-state index contributed by atoms with van der Waals surface area (Å²) in [6.45, 7) is 9.01. The molecule has 0 bridgehead atoms. The molecule has 1 fully saturated rings. The van der Waals surface area contributed by atoms with Crippen molar-refractivity contribution in [2.24, 2.45) is 5.92 Å². The van der Waals surface area contributed by atoms with Crippen LogP contribution in [0.5, 0.6) is 0 Å². The van der Waals surface area contributed by atoms with E-state index in [1.807, 2.05) is 4.90 Å². The van der Waals surface area contributed by atoms with Gasteiger partial charge in [0, 0.05) is 25.6 Å². The maximum absolute atomic E-state index is 12.0. The second-order valence-electron chi connectivity index (χ2n) is 4.89. The minimum absolute atomic E-state index is 0.299. The molecule has 1 amide bonds. The first-order valence-electron chi connectivity index (χ1n) is 6.68. The van der Waals surface area contributed by atoms with Crippen molar-refractivity contribution in [1.29, 1.82) is 0 Å². The fourth-order valence-corrected chi connectivity index (χ4v) is 2.21. The number of nitrogens with one attached hydrogen (secondary N) is 1. The lowest BCUT2D eigenvalue weighted by atomic mass is 9.85. The van der Waals surface area contributed by atoms with Crippen LogP contribution in [0.15, 0.2) is 0 Å². The zero-order valence-electron chi connectivity index (χ0n) is 11.0. The van der Waals surface area contributed by atoms with Gasteiger partial charge in [0.1, 0.15) is 0 Å². The Balaban J connectivity index is 2.29. The predicted molar refractivity (Wildman–Crippen MR) is 67.4 cm³/mol. The molecule has 3 heteroatoms. The molecule has 1 atom stereocenters. The van der Waals surface area contributed by atoms with Gasteiger partial charge in [-0.1, -0.05) is 13.3 Å². The Morgan fingerprint density at radius 2 is 2.12 bits per heavy atom. The smallest absolute Gasteiger partial charge is 0.224 e. The molecular weight excluding hydrogens is 200 g/mol. The van der Waals surface area contributed by atoms with E-state index in [9.17, 15) is 4.79 Å². The number of rotatable bonds is 7. The van der Waals surface area contributed by atoms with Crippen molar-refractivity contribution < 1.29 is 4.79 Å². The second-order valence-corrected chi connectivity index (χ2v) is 4.89. The molecule has 16 heavy (non-hydrogen) atoms. The minimum atomic E-state index is 0.299. The van der Waals surface area contributed by atoms with Gasteiger partial charge in [0.25, 0.3) is 0 Å². The summed E-state index contributed by atoms with van der Waals surface area (Å²) in [5, 5.41) is 3.29. The van der Waals surface area contributed by atoms with Gasteiger partial charge in [0.2, 0.25) is 5.91 Å². The van der Waals surface area contributed by atoms with Gasteiger partial charge < -0.3 is 10.2 Å². The fourth-order valence-electron chi connectivity index (χ4n) is 2.21. The topological polar surface area (TPSA) is 32.3 Å². The van der Waals surface area contributed by atoms with Crippen LogP contribution in [0.1, 0.15) is 46.5 Å². The molecule has 0 radical (unpaired) electrons. The van der Waals surface area contributed by atoms with Crippen molar-refractivity contribution in [1.82, 2.24) is 10.2 Å². The normalized spacial score (nSPS) is 17.9. The SMILES string of the molecule is CCNC(C)CC(=O)N(CC)CC1CCC1. The van der Waals surface area contributed by atoms with Crippen LogP contribution >= 0.6 is 0 Å². The molecule has 0 aromatic heterocycles. The summed E-state index contributed by atoms with van der Waals surface area (Å²) in [6, 6.07) is 0.299. The van der Waals surface area contributed by atoms with Crippen LogP contribution in [0.3, 0.4) is 0 Å². The van der Waals surface area contributed by atoms with Crippen LogP contribution in [-0.2, 0) is 4.79 Å². The average molecular weight is 226 g/mol. The largest absolute Gasteiger partial charge is 0.343 e. The van der Waals surface area contributed by atoms with Crippen LogP contribution in [0, 0.1) is 5.92 Å². The Bertz CT molecular complexity index is 214. The van der Waals surface area contributed by atoms with E-state index in [-0.39, 0.29) is 0 Å². The van der Waals surface area contributed by atoms with E-state index in [1.165, 1.54) is 19.3 Å². The third kappa shape index (κ3) is 4.12. The van der Waals surface area contributed by atoms with Gasteiger partial charge >= 0.3 is 0 Å². The van der Waals surface area contributed by atoms with E-state index >= 15 is 0 Å². The summed E-state index contributed by atoms with van der Waals surface area (Å²) >= 11 is 0. The summed E-state index contributed by atoms with van der Waals surface area (Å²) in [5.41, 5.74) is 0. The van der Waals surface area contributed by atoms with E-state index in [4.69, 9.17) is 0 Å². The number of hydrogen-bond acceptors (Lipinski definition) is 2. The highest BCUT2D eigenvalue weighted by molar-refractivity contribution is 5.76. The zero-order chi connectivity index (χ0) is 12.0. The monoisotopic (exact) mass is 226 g/mol. The molecule has 1 saturated carbocycles. The third-order valence-electron chi connectivity index (χ3n) is 3.47. The van der Waals surface area contributed by atoms with Crippen molar-refractivity contribution in [3.63, 3.8) is 0 Å². The van der Waals surface area contributed by atoms with Gasteiger partial charge in [-0.3, -0.25) is 4.79 Å². The molecule has 1 unspecified atom stereocenters. The maximum Gasteiger partial charge on any atom is 0.224 e. The summed E-state index contributed by atoms with van der Waals surface area (Å²) in [5.74, 6) is 1.08. The molecule has 3 nitrogen and oxygen atoms in total. The van der Waals surface area contributed by atoms with Crippen LogP contribution in [0.25, 0.3) is 0 Å². The molecule has 1 aliphatic carbocycles. The molecular formula is C13H26N2O. The van der Waals surface area contributed by atoms with Gasteiger partial charge in [-0.15, -0.1) is 0 Å². The van der Waals surface area contributed by atoms with Gasteiger partial charge in [-0.25, -0.2) is 0 Å². The Kier molecular flexibility index (Phi) is 5.81. The van der Waals surface area contributed by atoms with Crippen molar-refractivity contribution in [2.75, 3.05) is 19.6 Å². The molecule has 94 valence electrons. The van der Waals surface area contributed by atoms with E-state index < -0.39 is 0 Å². The van der Waals surface area contributed by atoms with Gasteiger partial charge in [-0.2, -0.15) is 0 Å². The first-order chi connectivity index (χ1) is 7.67. The Morgan fingerprint density at radius 1 is 1.44 bits per heavy atom. The lowest BCUT2D eigenvalue weighted by Crippen LogP contribution is -2.40. The molecule has 0 aliphatic heterocycles. The van der Waals surface area contributed by atoms with E-state index in [1.54, 1.807) is 0 Å². The predicted octanol–water partition coefficient (Wildman–Crippen LogP) is 2.02. The van der Waals surface area contributed by atoms with Crippen LogP contribution in [0.4, 0.5) is 0 Å². The van der Waals surface area contributed by atoms with E-state index in [2.05, 4.69) is 26.1 Å². The molecule has 1 aliphatic rings. The molecule has 0 heterocycles. The average Bonchev–Trinajstić information content (AvgIpc) is 2.16. The van der Waals surface area contributed by atoms with Crippen LogP contribution < -0.4 is 5.32 Å². The number of amides is 1. The first-order valence-corrected chi connectivity index (χ1v) is 6.68. The third-order valence-corrected chi connectivity index (χ3v) is 3.47. The summed E-state index contributed by atoms with van der Waals surface area (Å²) in [4.78, 5) is 14.0. The lowest BCUT2D eigenvalue weighted by molar-refractivity contribution is -0.132. The Labute approximate surface area is 99.6 Å². The van der Waals surface area contributed by atoms with Gasteiger partial charge in [0.15, 0.2) is 0 Å². The molecule has 0 saturated heterocycles. The molecule has 1 N–H and O–H groups in total. The lowest BCUT2D eigenvalue weighted by Gasteiger charge is -2.32. The quantitative estimate of drug-likeness (QED) is 0.720. The van der Waals surface area contributed by atoms with Gasteiger partial charge in [-0.05, 0) is 39.2 Å². The van der Waals surface area contributed by atoms with Crippen molar-refractivity contribution in [3.05, 3.63) is 0 Å². The number of carbonyl (C=O) groups excluding carboxylic acids is 1. The van der Waals surface area contributed by atoms with Crippen molar-refractivity contribution >= 4 is 5.91 Å². The first kappa shape index (κ1) is 13.5. The summed E-state index contributed by atoms with van der Waals surface area (Å²) in [7, 11) is 0. The van der Waals surface area contributed by atoms with Gasteiger partial charge in [0.05, 0.1) is 0 Å². The zero-order valence-corrected chi connectivity index (χ0v) is 11.0. The van der Waals surface area contributed by atoms with E-state index in [0.29, 0.717) is 18.4 Å². The highest BCUT2D eigenvalue weighted by Crippen LogP contribution is 2.27. The molecule has 0 aromatic carbocycles. The summed E-state index contributed by atoms with van der Waals surface area (Å²) < 4.78 is 0. The highest BCUT2D eigenvalue weighted by atomic mass is 16.2. The number of nitrogens with zero attached hydrogens (tertiary/aromatic N) is 1. The number of hydrogen-bond donors (Lipinski definition) is 1. The van der Waals surface area contributed by atoms with Crippen LogP contribution in [0.2, 0.25) is 0 Å². The fraction of sp³-hybridized carbons (Fsp3) is 0.923. The van der Waals surface area contributed by atoms with Crippen molar-refractivity contribution in [3.8, 4) is 0 Å². The Hall–Kier alpha value is -0.570. The number of carbonyl (C=O) groups is 1. The molecule has 1 rings (SSSR count). The molecule has 0 aromatic rings. The Morgan fingerprint density at radius 3 is 2.56 bits per heavy atom. The highest BCUT2D eigenvalue weighted by Gasteiger charge is 2.23.